The Kier molecular flexibility index (Phi) is 4.19. The first-order valence-corrected chi connectivity index (χ1v) is 8.57. The number of aromatic nitrogens is 3. The molecule has 0 amide bonds. The SMILES string of the molecule is Cc1cccc2nc(CN3CCN(c4ccccn4)CC3)cc(=O)n12. The molecular weight excluding hydrogens is 314 g/mol. The lowest BCUT2D eigenvalue weighted by molar-refractivity contribution is 0.246. The third-order valence-corrected chi connectivity index (χ3v) is 4.66. The van der Waals surface area contributed by atoms with Gasteiger partial charge in [0.1, 0.15) is 11.5 Å². The predicted molar refractivity (Wildman–Crippen MR) is 97.9 cm³/mol. The summed E-state index contributed by atoms with van der Waals surface area (Å²) >= 11 is 0. The fourth-order valence-corrected chi connectivity index (χ4v) is 3.35. The smallest absolute Gasteiger partial charge is 0.258 e. The minimum Gasteiger partial charge on any atom is -0.354 e. The van der Waals surface area contributed by atoms with Gasteiger partial charge in [-0.2, -0.15) is 0 Å². The van der Waals surface area contributed by atoms with Crippen LogP contribution in [0.1, 0.15) is 11.4 Å². The highest BCUT2D eigenvalue weighted by Gasteiger charge is 2.18. The van der Waals surface area contributed by atoms with Crippen molar-refractivity contribution in [3.05, 3.63) is 70.4 Å². The number of hydrogen-bond acceptors (Lipinski definition) is 5. The van der Waals surface area contributed by atoms with Crippen molar-refractivity contribution >= 4 is 11.5 Å². The molecule has 25 heavy (non-hydrogen) atoms. The van der Waals surface area contributed by atoms with Gasteiger partial charge in [0.05, 0.1) is 5.69 Å². The molecule has 1 aliphatic rings. The van der Waals surface area contributed by atoms with Crippen LogP contribution in [0, 0.1) is 6.92 Å². The van der Waals surface area contributed by atoms with Crippen LogP contribution >= 0.6 is 0 Å². The molecule has 128 valence electrons. The predicted octanol–water partition coefficient (Wildman–Crippen LogP) is 1.72. The molecule has 0 spiro atoms. The summed E-state index contributed by atoms with van der Waals surface area (Å²) < 4.78 is 1.66. The zero-order valence-electron chi connectivity index (χ0n) is 14.3. The van der Waals surface area contributed by atoms with E-state index in [1.54, 1.807) is 10.5 Å². The van der Waals surface area contributed by atoms with Gasteiger partial charge in [0.2, 0.25) is 0 Å². The van der Waals surface area contributed by atoms with Crippen molar-refractivity contribution in [1.82, 2.24) is 19.3 Å². The maximum Gasteiger partial charge on any atom is 0.258 e. The zero-order valence-corrected chi connectivity index (χ0v) is 14.3. The topological polar surface area (TPSA) is 53.7 Å². The largest absolute Gasteiger partial charge is 0.354 e. The Bertz CT molecular complexity index is 929. The zero-order chi connectivity index (χ0) is 17.2. The van der Waals surface area contributed by atoms with Gasteiger partial charge in [0, 0.05) is 50.7 Å². The molecule has 0 N–H and O–H groups in total. The number of fused-ring (bicyclic) bond motifs is 1. The van der Waals surface area contributed by atoms with Gasteiger partial charge in [-0.1, -0.05) is 12.1 Å². The van der Waals surface area contributed by atoms with E-state index in [1.165, 1.54) is 0 Å². The molecule has 0 unspecified atom stereocenters. The van der Waals surface area contributed by atoms with Crippen LogP contribution < -0.4 is 10.5 Å². The van der Waals surface area contributed by atoms with E-state index >= 15 is 0 Å². The van der Waals surface area contributed by atoms with E-state index in [9.17, 15) is 4.79 Å². The highest BCUT2D eigenvalue weighted by Crippen LogP contribution is 2.14. The first kappa shape index (κ1) is 15.8. The molecule has 3 aromatic rings. The Morgan fingerprint density at radius 3 is 2.64 bits per heavy atom. The Balaban J connectivity index is 1.47. The molecule has 0 aliphatic carbocycles. The third-order valence-electron chi connectivity index (χ3n) is 4.66. The molecule has 6 heteroatoms. The quantitative estimate of drug-likeness (QED) is 0.729. The molecule has 0 saturated carbocycles. The summed E-state index contributed by atoms with van der Waals surface area (Å²) in [5, 5.41) is 0. The second kappa shape index (κ2) is 6.64. The number of rotatable bonds is 3. The molecule has 0 aromatic carbocycles. The molecule has 6 nitrogen and oxygen atoms in total. The van der Waals surface area contributed by atoms with Crippen LogP contribution in [0.2, 0.25) is 0 Å². The average molecular weight is 335 g/mol. The lowest BCUT2D eigenvalue weighted by Gasteiger charge is -2.35. The molecule has 4 rings (SSSR count). The van der Waals surface area contributed by atoms with Gasteiger partial charge in [-0.05, 0) is 31.2 Å². The van der Waals surface area contributed by atoms with Crippen LogP contribution in [-0.4, -0.2) is 45.4 Å². The van der Waals surface area contributed by atoms with Gasteiger partial charge < -0.3 is 4.90 Å². The maximum absolute atomic E-state index is 12.4. The van der Waals surface area contributed by atoms with E-state index in [2.05, 4.69) is 19.8 Å². The summed E-state index contributed by atoms with van der Waals surface area (Å²) in [4.78, 5) is 26.1. The average Bonchev–Trinajstić information content (AvgIpc) is 2.63. The monoisotopic (exact) mass is 335 g/mol. The van der Waals surface area contributed by atoms with Crippen molar-refractivity contribution in [3.8, 4) is 0 Å². The second-order valence-corrected chi connectivity index (χ2v) is 6.40. The Labute approximate surface area is 146 Å². The Morgan fingerprint density at radius 2 is 1.88 bits per heavy atom. The number of pyridine rings is 2. The van der Waals surface area contributed by atoms with E-state index in [0.717, 1.165) is 49.0 Å². The molecule has 3 aromatic heterocycles. The third kappa shape index (κ3) is 3.25. The van der Waals surface area contributed by atoms with Crippen molar-refractivity contribution in [2.75, 3.05) is 31.1 Å². The highest BCUT2D eigenvalue weighted by atomic mass is 16.1. The van der Waals surface area contributed by atoms with Gasteiger partial charge in [0.25, 0.3) is 5.56 Å². The molecule has 4 heterocycles. The first-order chi connectivity index (χ1) is 12.2. The van der Waals surface area contributed by atoms with Crippen LogP contribution in [0.5, 0.6) is 0 Å². The van der Waals surface area contributed by atoms with Crippen molar-refractivity contribution < 1.29 is 0 Å². The minimum absolute atomic E-state index is 0.00905. The molecule has 0 atom stereocenters. The van der Waals surface area contributed by atoms with Gasteiger partial charge in [0.15, 0.2) is 0 Å². The number of hydrogen-bond donors (Lipinski definition) is 0. The minimum atomic E-state index is -0.00905. The van der Waals surface area contributed by atoms with Crippen molar-refractivity contribution in [2.45, 2.75) is 13.5 Å². The normalized spacial score (nSPS) is 15.6. The summed E-state index contributed by atoms with van der Waals surface area (Å²) in [5.41, 5.74) is 2.45. The van der Waals surface area contributed by atoms with E-state index in [-0.39, 0.29) is 5.56 Å². The van der Waals surface area contributed by atoms with Crippen molar-refractivity contribution in [2.24, 2.45) is 0 Å². The summed E-state index contributed by atoms with van der Waals surface area (Å²) in [6, 6.07) is 13.4. The maximum atomic E-state index is 12.4. The van der Waals surface area contributed by atoms with E-state index < -0.39 is 0 Å². The summed E-state index contributed by atoms with van der Waals surface area (Å²) in [7, 11) is 0. The number of nitrogens with zero attached hydrogens (tertiary/aromatic N) is 5. The van der Waals surface area contributed by atoms with Gasteiger partial charge >= 0.3 is 0 Å². The van der Waals surface area contributed by atoms with Crippen LogP contribution in [0.4, 0.5) is 5.82 Å². The van der Waals surface area contributed by atoms with Crippen molar-refractivity contribution in [3.63, 3.8) is 0 Å². The van der Waals surface area contributed by atoms with Crippen LogP contribution in [-0.2, 0) is 6.54 Å². The van der Waals surface area contributed by atoms with Gasteiger partial charge in [-0.25, -0.2) is 9.97 Å². The summed E-state index contributed by atoms with van der Waals surface area (Å²) in [6.45, 7) is 6.37. The lowest BCUT2D eigenvalue weighted by Crippen LogP contribution is -2.46. The first-order valence-electron chi connectivity index (χ1n) is 8.57. The number of aryl methyl sites for hydroxylation is 1. The highest BCUT2D eigenvalue weighted by molar-refractivity contribution is 5.40. The molecular formula is C19H21N5O. The van der Waals surface area contributed by atoms with E-state index in [1.807, 2.05) is 49.5 Å². The van der Waals surface area contributed by atoms with Crippen LogP contribution in [0.25, 0.3) is 5.65 Å². The van der Waals surface area contributed by atoms with E-state index in [4.69, 9.17) is 0 Å². The molecule has 1 fully saturated rings. The van der Waals surface area contributed by atoms with Crippen LogP contribution in [0.3, 0.4) is 0 Å². The Morgan fingerprint density at radius 1 is 1.04 bits per heavy atom. The number of piperazine rings is 1. The molecule has 0 bridgehead atoms. The van der Waals surface area contributed by atoms with Gasteiger partial charge in [-0.15, -0.1) is 0 Å². The van der Waals surface area contributed by atoms with Crippen LogP contribution in [0.15, 0.2) is 53.5 Å². The number of anilines is 1. The van der Waals surface area contributed by atoms with Crippen molar-refractivity contribution in [1.29, 1.82) is 0 Å². The fourth-order valence-electron chi connectivity index (χ4n) is 3.35. The standard InChI is InChI=1S/C19H21N5O/c1-15-5-4-7-18-21-16(13-19(25)24(15)18)14-22-9-11-23(12-10-22)17-6-2-3-8-20-17/h2-8,13H,9-12,14H2,1H3. The Hall–Kier alpha value is -2.73. The molecule has 1 saturated heterocycles. The summed E-state index contributed by atoms with van der Waals surface area (Å²) in [6.07, 6.45) is 1.83. The fraction of sp³-hybridized carbons (Fsp3) is 0.316. The summed E-state index contributed by atoms with van der Waals surface area (Å²) in [5.74, 6) is 1.03. The second-order valence-electron chi connectivity index (χ2n) is 6.40. The van der Waals surface area contributed by atoms with Gasteiger partial charge in [-0.3, -0.25) is 14.1 Å². The molecule has 0 radical (unpaired) electrons. The van der Waals surface area contributed by atoms with E-state index in [0.29, 0.717) is 6.54 Å². The molecule has 1 aliphatic heterocycles. The lowest BCUT2D eigenvalue weighted by atomic mass is 10.2.